The molecular formula is C20H20N2O3. The Morgan fingerprint density at radius 3 is 2.40 bits per heavy atom. The number of aryl methyl sites for hydroxylation is 1. The van der Waals surface area contributed by atoms with Gasteiger partial charge in [-0.15, -0.1) is 0 Å². The Bertz CT molecular complexity index is 826. The molecule has 1 heterocycles. The van der Waals surface area contributed by atoms with Crippen LogP contribution < -0.4 is 10.1 Å². The molecule has 3 aromatic rings. The van der Waals surface area contributed by atoms with Crippen LogP contribution in [0.25, 0.3) is 0 Å². The van der Waals surface area contributed by atoms with Gasteiger partial charge in [-0.1, -0.05) is 54.5 Å². The number of carbonyl (C=O) groups is 1. The van der Waals surface area contributed by atoms with Crippen LogP contribution in [0.4, 0.5) is 0 Å². The zero-order valence-corrected chi connectivity index (χ0v) is 14.2. The van der Waals surface area contributed by atoms with E-state index in [-0.39, 0.29) is 17.6 Å². The van der Waals surface area contributed by atoms with E-state index in [1.54, 1.807) is 13.2 Å². The lowest BCUT2D eigenvalue weighted by molar-refractivity contribution is 0.0933. The highest BCUT2D eigenvalue weighted by molar-refractivity contribution is 5.92. The zero-order valence-electron chi connectivity index (χ0n) is 14.2. The molecule has 1 aromatic heterocycles. The van der Waals surface area contributed by atoms with Crippen LogP contribution in [0.1, 0.15) is 40.3 Å². The van der Waals surface area contributed by atoms with E-state index in [1.807, 2.05) is 61.5 Å². The molecule has 1 amide bonds. The molecule has 0 aliphatic rings. The molecule has 3 rings (SSSR count). The number of aromatic nitrogens is 1. The highest BCUT2D eigenvalue weighted by atomic mass is 16.5. The standard InChI is InChI=1S/C20H20N2O3/c1-3-16-13-18(22-25-16)20(23)21-19(14-7-5-4-6-8-14)15-9-11-17(24-2)12-10-15/h4-13,19H,3H2,1-2H3,(H,21,23)/t19-/m1/s1. The number of nitrogens with zero attached hydrogens (tertiary/aromatic N) is 1. The van der Waals surface area contributed by atoms with Gasteiger partial charge >= 0.3 is 0 Å². The smallest absolute Gasteiger partial charge is 0.274 e. The van der Waals surface area contributed by atoms with E-state index in [9.17, 15) is 4.79 Å². The van der Waals surface area contributed by atoms with Gasteiger partial charge in [0, 0.05) is 12.5 Å². The van der Waals surface area contributed by atoms with Crippen molar-refractivity contribution in [1.82, 2.24) is 10.5 Å². The topological polar surface area (TPSA) is 64.4 Å². The number of amides is 1. The van der Waals surface area contributed by atoms with Gasteiger partial charge in [-0.2, -0.15) is 0 Å². The number of benzene rings is 2. The minimum atomic E-state index is -0.290. The predicted molar refractivity (Wildman–Crippen MR) is 94.6 cm³/mol. The third kappa shape index (κ3) is 3.88. The highest BCUT2D eigenvalue weighted by Gasteiger charge is 2.20. The summed E-state index contributed by atoms with van der Waals surface area (Å²) in [5.74, 6) is 1.19. The predicted octanol–water partition coefficient (Wildman–Crippen LogP) is 3.77. The zero-order chi connectivity index (χ0) is 17.6. The van der Waals surface area contributed by atoms with Gasteiger partial charge in [0.05, 0.1) is 13.2 Å². The van der Waals surface area contributed by atoms with Crippen LogP contribution in [-0.4, -0.2) is 18.2 Å². The monoisotopic (exact) mass is 336 g/mol. The summed E-state index contributed by atoms with van der Waals surface area (Å²) in [6, 6.07) is 18.8. The average molecular weight is 336 g/mol. The highest BCUT2D eigenvalue weighted by Crippen LogP contribution is 2.24. The van der Waals surface area contributed by atoms with E-state index in [0.717, 1.165) is 16.9 Å². The quantitative estimate of drug-likeness (QED) is 0.744. The van der Waals surface area contributed by atoms with Crippen LogP contribution in [0.5, 0.6) is 5.75 Å². The number of hydrogen-bond donors (Lipinski definition) is 1. The van der Waals surface area contributed by atoms with E-state index < -0.39 is 0 Å². The second-order valence-corrected chi connectivity index (χ2v) is 5.62. The molecule has 0 aliphatic heterocycles. The maximum absolute atomic E-state index is 12.6. The number of carbonyl (C=O) groups excluding carboxylic acids is 1. The Kier molecular flexibility index (Phi) is 5.14. The second kappa shape index (κ2) is 7.66. The van der Waals surface area contributed by atoms with E-state index in [1.165, 1.54) is 0 Å². The lowest BCUT2D eigenvalue weighted by Gasteiger charge is -2.19. The van der Waals surface area contributed by atoms with Gasteiger partial charge in [0.15, 0.2) is 5.69 Å². The van der Waals surface area contributed by atoms with Crippen molar-refractivity contribution in [3.05, 3.63) is 83.2 Å². The first-order chi connectivity index (χ1) is 12.2. The number of rotatable bonds is 6. The maximum Gasteiger partial charge on any atom is 0.274 e. The van der Waals surface area contributed by atoms with Crippen LogP contribution in [0.15, 0.2) is 65.2 Å². The first kappa shape index (κ1) is 16.8. The van der Waals surface area contributed by atoms with E-state index >= 15 is 0 Å². The van der Waals surface area contributed by atoms with Crippen molar-refractivity contribution in [2.45, 2.75) is 19.4 Å². The van der Waals surface area contributed by atoms with Crippen molar-refractivity contribution in [3.8, 4) is 5.75 Å². The Hall–Kier alpha value is -3.08. The largest absolute Gasteiger partial charge is 0.497 e. The van der Waals surface area contributed by atoms with Gasteiger partial charge in [-0.3, -0.25) is 4.79 Å². The number of methoxy groups -OCH3 is 1. The maximum atomic E-state index is 12.6. The normalized spacial score (nSPS) is 11.8. The Balaban J connectivity index is 1.89. The SMILES string of the molecule is CCc1cc(C(=O)N[C@H](c2ccccc2)c2ccc(OC)cc2)no1. The fourth-order valence-electron chi connectivity index (χ4n) is 2.59. The van der Waals surface area contributed by atoms with Crippen molar-refractivity contribution in [1.29, 1.82) is 0 Å². The average Bonchev–Trinajstić information content (AvgIpc) is 3.16. The molecule has 0 fully saturated rings. The van der Waals surface area contributed by atoms with Gasteiger partial charge < -0.3 is 14.6 Å². The van der Waals surface area contributed by atoms with E-state index in [4.69, 9.17) is 9.26 Å². The second-order valence-electron chi connectivity index (χ2n) is 5.62. The Labute approximate surface area is 146 Å². The van der Waals surface area contributed by atoms with Crippen LogP contribution in [0.2, 0.25) is 0 Å². The third-order valence-electron chi connectivity index (χ3n) is 4.00. The minimum absolute atomic E-state index is 0.270. The molecule has 0 spiro atoms. The summed E-state index contributed by atoms with van der Waals surface area (Å²) < 4.78 is 10.3. The van der Waals surface area contributed by atoms with Crippen molar-refractivity contribution in [2.24, 2.45) is 0 Å². The summed E-state index contributed by atoms with van der Waals surface area (Å²) in [6.45, 7) is 1.95. The summed E-state index contributed by atoms with van der Waals surface area (Å²) >= 11 is 0. The molecule has 1 atom stereocenters. The molecule has 1 N–H and O–H groups in total. The first-order valence-corrected chi connectivity index (χ1v) is 8.16. The van der Waals surface area contributed by atoms with Gasteiger partial charge in [0.25, 0.3) is 5.91 Å². The van der Waals surface area contributed by atoms with Crippen LogP contribution in [0.3, 0.4) is 0 Å². The fraction of sp³-hybridized carbons (Fsp3) is 0.200. The minimum Gasteiger partial charge on any atom is -0.497 e. The van der Waals surface area contributed by atoms with Crippen molar-refractivity contribution < 1.29 is 14.1 Å². The Morgan fingerprint density at radius 2 is 1.80 bits per heavy atom. The van der Waals surface area contributed by atoms with Crippen LogP contribution >= 0.6 is 0 Å². The lowest BCUT2D eigenvalue weighted by Crippen LogP contribution is -2.29. The van der Waals surface area contributed by atoms with Gasteiger partial charge in [-0.25, -0.2) is 0 Å². The van der Waals surface area contributed by atoms with Crippen molar-refractivity contribution >= 4 is 5.91 Å². The molecular weight excluding hydrogens is 316 g/mol. The number of nitrogens with one attached hydrogen (secondary N) is 1. The third-order valence-corrected chi connectivity index (χ3v) is 4.00. The molecule has 128 valence electrons. The lowest BCUT2D eigenvalue weighted by atomic mass is 9.98. The van der Waals surface area contributed by atoms with Gasteiger partial charge in [-0.05, 0) is 23.3 Å². The fourth-order valence-corrected chi connectivity index (χ4v) is 2.59. The Morgan fingerprint density at radius 1 is 1.12 bits per heavy atom. The number of ether oxygens (including phenoxy) is 1. The molecule has 0 radical (unpaired) electrons. The summed E-state index contributed by atoms with van der Waals surface area (Å²) in [6.07, 6.45) is 0.695. The van der Waals surface area contributed by atoms with E-state index in [2.05, 4.69) is 10.5 Å². The molecule has 0 bridgehead atoms. The molecule has 25 heavy (non-hydrogen) atoms. The summed E-state index contributed by atoms with van der Waals surface area (Å²) in [4.78, 5) is 12.6. The van der Waals surface area contributed by atoms with Crippen LogP contribution in [-0.2, 0) is 6.42 Å². The molecule has 5 nitrogen and oxygen atoms in total. The first-order valence-electron chi connectivity index (χ1n) is 8.16. The molecule has 0 aliphatic carbocycles. The number of hydrogen-bond acceptors (Lipinski definition) is 4. The molecule has 0 saturated heterocycles. The molecule has 0 unspecified atom stereocenters. The van der Waals surface area contributed by atoms with Crippen molar-refractivity contribution in [3.63, 3.8) is 0 Å². The molecule has 2 aromatic carbocycles. The summed E-state index contributed by atoms with van der Waals surface area (Å²) in [5, 5.41) is 6.89. The summed E-state index contributed by atoms with van der Waals surface area (Å²) in [7, 11) is 1.63. The summed E-state index contributed by atoms with van der Waals surface area (Å²) in [5.41, 5.74) is 2.23. The van der Waals surface area contributed by atoms with E-state index in [0.29, 0.717) is 12.2 Å². The van der Waals surface area contributed by atoms with Gasteiger partial charge in [0.2, 0.25) is 0 Å². The molecule has 5 heteroatoms. The molecule has 0 saturated carbocycles. The van der Waals surface area contributed by atoms with Crippen molar-refractivity contribution in [2.75, 3.05) is 7.11 Å². The van der Waals surface area contributed by atoms with Gasteiger partial charge in [0.1, 0.15) is 11.5 Å². The van der Waals surface area contributed by atoms with Crippen LogP contribution in [0, 0.1) is 0 Å².